The number of hydrogen-bond acceptors (Lipinski definition) is 4. The Hall–Kier alpha value is -1.38. The maximum absolute atomic E-state index is 11.1. The monoisotopic (exact) mass is 257 g/mol. The van der Waals surface area contributed by atoms with Gasteiger partial charge in [0.25, 0.3) is 9.05 Å². The maximum atomic E-state index is 11.1. The van der Waals surface area contributed by atoms with E-state index in [1.165, 1.54) is 12.1 Å². The van der Waals surface area contributed by atoms with Crippen molar-refractivity contribution in [3.05, 3.63) is 28.8 Å². The van der Waals surface area contributed by atoms with Gasteiger partial charge in [0.2, 0.25) is 0 Å². The van der Waals surface area contributed by atoms with Crippen LogP contribution in [0.2, 0.25) is 0 Å². The van der Waals surface area contributed by atoms with Crippen LogP contribution in [-0.2, 0) is 15.5 Å². The fourth-order valence-corrected chi connectivity index (χ4v) is 2.20. The van der Waals surface area contributed by atoms with E-state index in [4.69, 9.17) is 15.9 Å². The minimum absolute atomic E-state index is 0.159. The lowest BCUT2D eigenvalue weighted by Crippen LogP contribution is -2.00. The molecule has 0 aliphatic carbocycles. The summed E-state index contributed by atoms with van der Waals surface area (Å²) in [6.07, 6.45) is 0.991. The second kappa shape index (κ2) is 4.64. The molecule has 16 heavy (non-hydrogen) atoms. The highest BCUT2D eigenvalue weighted by atomic mass is 35.7. The van der Waals surface area contributed by atoms with Gasteiger partial charge in [-0.2, -0.15) is 5.26 Å². The van der Waals surface area contributed by atoms with Gasteiger partial charge in [-0.25, -0.2) is 8.42 Å². The first-order valence-corrected chi connectivity index (χ1v) is 6.71. The van der Waals surface area contributed by atoms with Crippen molar-refractivity contribution in [3.8, 4) is 6.07 Å². The lowest BCUT2D eigenvalue weighted by atomic mass is 10.0. The van der Waals surface area contributed by atoms with Crippen LogP contribution in [-0.4, -0.2) is 14.7 Å². The summed E-state index contributed by atoms with van der Waals surface area (Å²) in [4.78, 5) is 10.6. The second-order valence-corrected chi connectivity index (χ2v) is 5.63. The van der Waals surface area contributed by atoms with Gasteiger partial charge in [-0.05, 0) is 24.1 Å². The van der Waals surface area contributed by atoms with Gasteiger partial charge in [0.05, 0.1) is 16.5 Å². The van der Waals surface area contributed by atoms with Crippen molar-refractivity contribution in [2.75, 3.05) is 0 Å². The summed E-state index contributed by atoms with van der Waals surface area (Å²) < 4.78 is 22.2. The highest BCUT2D eigenvalue weighted by Gasteiger charge is 2.16. The molecule has 1 aromatic carbocycles. The lowest BCUT2D eigenvalue weighted by molar-refractivity contribution is 0.112. The summed E-state index contributed by atoms with van der Waals surface area (Å²) in [7, 11) is 1.23. The van der Waals surface area contributed by atoms with Crippen LogP contribution >= 0.6 is 10.7 Å². The Kier molecular flexibility index (Phi) is 3.68. The first kappa shape index (κ1) is 12.7. The van der Waals surface area contributed by atoms with Crippen LogP contribution in [0.15, 0.2) is 17.0 Å². The van der Waals surface area contributed by atoms with Crippen LogP contribution in [0, 0.1) is 11.3 Å². The minimum atomic E-state index is -3.93. The third-order valence-electron chi connectivity index (χ3n) is 2.14. The fourth-order valence-electron chi connectivity index (χ4n) is 1.41. The van der Waals surface area contributed by atoms with E-state index in [0.717, 1.165) is 0 Å². The molecule has 0 aliphatic rings. The van der Waals surface area contributed by atoms with Gasteiger partial charge in [-0.15, -0.1) is 0 Å². The number of aldehydes is 1. The molecular weight excluding hydrogens is 250 g/mol. The van der Waals surface area contributed by atoms with Crippen molar-refractivity contribution in [2.24, 2.45) is 0 Å². The van der Waals surface area contributed by atoms with Gasteiger partial charge in [-0.3, -0.25) is 4.79 Å². The van der Waals surface area contributed by atoms with Crippen LogP contribution in [0.3, 0.4) is 0 Å². The molecule has 0 N–H and O–H groups in total. The molecule has 84 valence electrons. The van der Waals surface area contributed by atoms with E-state index in [9.17, 15) is 13.2 Å². The van der Waals surface area contributed by atoms with E-state index >= 15 is 0 Å². The smallest absolute Gasteiger partial charge is 0.261 e. The Morgan fingerprint density at radius 3 is 2.50 bits per heavy atom. The summed E-state index contributed by atoms with van der Waals surface area (Å²) in [5.74, 6) is 0. The zero-order valence-electron chi connectivity index (χ0n) is 8.40. The Morgan fingerprint density at radius 2 is 2.12 bits per heavy atom. The Labute approximate surface area is 97.9 Å². The van der Waals surface area contributed by atoms with Crippen LogP contribution in [0.25, 0.3) is 0 Å². The molecule has 0 bridgehead atoms. The predicted octanol–water partition coefficient (Wildman–Crippen LogP) is 1.86. The van der Waals surface area contributed by atoms with Crippen LogP contribution < -0.4 is 0 Å². The maximum Gasteiger partial charge on any atom is 0.261 e. The van der Waals surface area contributed by atoms with Crippen LogP contribution in [0.4, 0.5) is 0 Å². The Balaban J connectivity index is 3.64. The SMILES string of the molecule is CCc1c(C#N)cc(S(=O)(=O)Cl)cc1C=O. The van der Waals surface area contributed by atoms with Crippen LogP contribution in [0.5, 0.6) is 0 Å². The first-order valence-electron chi connectivity index (χ1n) is 4.41. The average Bonchev–Trinajstić information content (AvgIpc) is 2.25. The fraction of sp³-hybridized carbons (Fsp3) is 0.200. The number of benzene rings is 1. The summed E-state index contributed by atoms with van der Waals surface area (Å²) in [5.41, 5.74) is 0.869. The molecule has 0 radical (unpaired) electrons. The summed E-state index contributed by atoms with van der Waals surface area (Å²) >= 11 is 0. The molecule has 0 fully saturated rings. The van der Waals surface area contributed by atoms with Gasteiger partial charge in [0, 0.05) is 16.2 Å². The molecule has 0 saturated carbocycles. The van der Waals surface area contributed by atoms with Gasteiger partial charge >= 0.3 is 0 Å². The third-order valence-corrected chi connectivity index (χ3v) is 3.47. The average molecular weight is 258 g/mol. The molecule has 0 heterocycles. The Bertz CT molecular complexity index is 572. The normalized spacial score (nSPS) is 10.8. The predicted molar refractivity (Wildman–Crippen MR) is 59.0 cm³/mol. The lowest BCUT2D eigenvalue weighted by Gasteiger charge is -2.06. The molecule has 1 aromatic rings. The first-order chi connectivity index (χ1) is 7.43. The zero-order chi connectivity index (χ0) is 12.3. The summed E-state index contributed by atoms with van der Waals surface area (Å²) in [6, 6.07) is 4.20. The van der Waals surface area contributed by atoms with Crippen LogP contribution in [0.1, 0.15) is 28.4 Å². The van der Waals surface area contributed by atoms with E-state index in [2.05, 4.69) is 0 Å². The standard InChI is InChI=1S/C10H8ClNO3S/c1-2-10-7(5-12)3-9(16(11,14)15)4-8(10)6-13/h3-4,6H,2H2,1H3. The van der Waals surface area contributed by atoms with Gasteiger partial charge < -0.3 is 0 Å². The van der Waals surface area contributed by atoms with Crippen molar-refractivity contribution in [3.63, 3.8) is 0 Å². The van der Waals surface area contributed by atoms with E-state index in [0.29, 0.717) is 18.3 Å². The molecule has 0 amide bonds. The van der Waals surface area contributed by atoms with E-state index in [1.54, 1.807) is 6.92 Å². The summed E-state index contributed by atoms with van der Waals surface area (Å²) in [6.45, 7) is 1.78. The van der Waals surface area contributed by atoms with E-state index in [-0.39, 0.29) is 16.0 Å². The number of rotatable bonds is 3. The molecule has 4 nitrogen and oxygen atoms in total. The molecule has 6 heteroatoms. The van der Waals surface area contributed by atoms with Gasteiger partial charge in [0.1, 0.15) is 6.29 Å². The number of carbonyl (C=O) groups is 1. The van der Waals surface area contributed by atoms with Crippen molar-refractivity contribution in [1.29, 1.82) is 5.26 Å². The quantitative estimate of drug-likeness (QED) is 0.612. The van der Waals surface area contributed by atoms with E-state index in [1.807, 2.05) is 6.07 Å². The molecule has 0 spiro atoms. The van der Waals surface area contributed by atoms with E-state index < -0.39 is 9.05 Å². The third kappa shape index (κ3) is 2.40. The molecule has 1 rings (SSSR count). The molecule has 0 aliphatic heterocycles. The van der Waals surface area contributed by atoms with Gasteiger partial charge in [-0.1, -0.05) is 6.92 Å². The zero-order valence-corrected chi connectivity index (χ0v) is 9.97. The summed E-state index contributed by atoms with van der Waals surface area (Å²) in [5, 5.41) is 8.86. The topological polar surface area (TPSA) is 75.0 Å². The number of hydrogen-bond donors (Lipinski definition) is 0. The molecule has 0 unspecified atom stereocenters. The number of nitriles is 1. The van der Waals surface area contributed by atoms with Gasteiger partial charge in [0.15, 0.2) is 0 Å². The Morgan fingerprint density at radius 1 is 1.50 bits per heavy atom. The number of halogens is 1. The second-order valence-electron chi connectivity index (χ2n) is 3.06. The molecule has 0 aromatic heterocycles. The molecule has 0 atom stereocenters. The molecule has 0 saturated heterocycles. The molecular formula is C10H8ClNO3S. The van der Waals surface area contributed by atoms with Crippen molar-refractivity contribution >= 4 is 26.0 Å². The highest BCUT2D eigenvalue weighted by molar-refractivity contribution is 8.13. The van der Waals surface area contributed by atoms with Crippen molar-refractivity contribution in [1.82, 2.24) is 0 Å². The number of nitrogens with zero attached hydrogens (tertiary/aromatic N) is 1. The largest absolute Gasteiger partial charge is 0.298 e. The minimum Gasteiger partial charge on any atom is -0.298 e. The van der Waals surface area contributed by atoms with Crippen molar-refractivity contribution < 1.29 is 13.2 Å². The van der Waals surface area contributed by atoms with Crippen molar-refractivity contribution in [2.45, 2.75) is 18.2 Å². The highest BCUT2D eigenvalue weighted by Crippen LogP contribution is 2.22. The number of carbonyl (C=O) groups excluding carboxylic acids is 1.